The van der Waals surface area contributed by atoms with E-state index in [2.05, 4.69) is 4.98 Å². The van der Waals surface area contributed by atoms with Crippen LogP contribution in [0.5, 0.6) is 17.4 Å². The van der Waals surface area contributed by atoms with Gasteiger partial charge in [-0.1, -0.05) is 13.0 Å². The third kappa shape index (κ3) is 5.77. The summed E-state index contributed by atoms with van der Waals surface area (Å²) in [6.45, 7) is 3.14. The SMILES string of the molecule is CCC(C)N(CC(=O)O)C(=O)COc1ccc(Oc2ccccn2)cc1. The molecule has 1 atom stereocenters. The van der Waals surface area contributed by atoms with Gasteiger partial charge < -0.3 is 19.5 Å². The molecule has 1 aromatic heterocycles. The van der Waals surface area contributed by atoms with Crippen molar-refractivity contribution in [2.45, 2.75) is 26.3 Å². The summed E-state index contributed by atoms with van der Waals surface area (Å²) >= 11 is 0. The number of hydrogen-bond donors (Lipinski definition) is 1. The lowest BCUT2D eigenvalue weighted by molar-refractivity contribution is -0.147. The second kappa shape index (κ2) is 9.41. The fourth-order valence-corrected chi connectivity index (χ4v) is 2.22. The molecule has 0 aliphatic carbocycles. The summed E-state index contributed by atoms with van der Waals surface area (Å²) in [6.07, 6.45) is 2.30. The highest BCUT2D eigenvalue weighted by Crippen LogP contribution is 2.22. The summed E-state index contributed by atoms with van der Waals surface area (Å²) < 4.78 is 11.1. The first kappa shape index (κ1) is 19.2. The lowest BCUT2D eigenvalue weighted by atomic mass is 10.2. The first-order valence-electron chi connectivity index (χ1n) is 8.32. The van der Waals surface area contributed by atoms with Gasteiger partial charge in [0.05, 0.1) is 0 Å². The minimum absolute atomic E-state index is 0.170. The Hall–Kier alpha value is -3.09. The highest BCUT2D eigenvalue weighted by atomic mass is 16.5. The molecule has 7 nitrogen and oxygen atoms in total. The number of carboxylic acids is 1. The van der Waals surface area contributed by atoms with Gasteiger partial charge in [-0.3, -0.25) is 9.59 Å². The summed E-state index contributed by atoms with van der Waals surface area (Å²) in [4.78, 5) is 28.6. The average molecular weight is 358 g/mol. The van der Waals surface area contributed by atoms with Crippen molar-refractivity contribution >= 4 is 11.9 Å². The van der Waals surface area contributed by atoms with Gasteiger partial charge in [0.15, 0.2) is 6.61 Å². The van der Waals surface area contributed by atoms with Crippen LogP contribution in [0.15, 0.2) is 48.7 Å². The number of benzene rings is 1. The van der Waals surface area contributed by atoms with Crippen molar-refractivity contribution in [2.24, 2.45) is 0 Å². The Morgan fingerprint density at radius 3 is 2.42 bits per heavy atom. The van der Waals surface area contributed by atoms with E-state index in [1.807, 2.05) is 19.9 Å². The van der Waals surface area contributed by atoms with E-state index in [9.17, 15) is 9.59 Å². The van der Waals surface area contributed by atoms with E-state index in [0.717, 1.165) is 0 Å². The number of aromatic nitrogens is 1. The van der Waals surface area contributed by atoms with Crippen molar-refractivity contribution in [3.8, 4) is 17.4 Å². The highest BCUT2D eigenvalue weighted by molar-refractivity contribution is 5.82. The van der Waals surface area contributed by atoms with Crippen LogP contribution in [0.4, 0.5) is 0 Å². The molecule has 1 amide bonds. The molecule has 1 N–H and O–H groups in total. The van der Waals surface area contributed by atoms with Gasteiger partial charge >= 0.3 is 5.97 Å². The molecule has 0 saturated heterocycles. The molecule has 1 aromatic carbocycles. The molecule has 2 rings (SSSR count). The molecule has 1 unspecified atom stereocenters. The van der Waals surface area contributed by atoms with Crippen molar-refractivity contribution in [1.29, 1.82) is 0 Å². The fraction of sp³-hybridized carbons (Fsp3) is 0.316. The molecule has 0 spiro atoms. The van der Waals surface area contributed by atoms with Crippen LogP contribution in [-0.4, -0.2) is 46.1 Å². The Morgan fingerprint density at radius 2 is 1.85 bits per heavy atom. The second-order valence-corrected chi connectivity index (χ2v) is 5.70. The number of amides is 1. The van der Waals surface area contributed by atoms with E-state index < -0.39 is 5.97 Å². The molecule has 7 heteroatoms. The third-order valence-corrected chi connectivity index (χ3v) is 3.80. The monoisotopic (exact) mass is 358 g/mol. The van der Waals surface area contributed by atoms with Crippen LogP contribution in [-0.2, 0) is 9.59 Å². The molecule has 0 radical (unpaired) electrons. The minimum Gasteiger partial charge on any atom is -0.484 e. The second-order valence-electron chi connectivity index (χ2n) is 5.70. The maximum Gasteiger partial charge on any atom is 0.323 e. The number of aliphatic carboxylic acids is 1. The van der Waals surface area contributed by atoms with Crippen molar-refractivity contribution in [2.75, 3.05) is 13.2 Å². The van der Waals surface area contributed by atoms with Gasteiger partial charge in [-0.05, 0) is 43.7 Å². The zero-order chi connectivity index (χ0) is 18.9. The molecule has 2 aromatic rings. The van der Waals surface area contributed by atoms with Gasteiger partial charge in [-0.15, -0.1) is 0 Å². The summed E-state index contributed by atoms with van der Waals surface area (Å²) in [5.74, 6) is 0.153. The quantitative estimate of drug-likeness (QED) is 0.741. The van der Waals surface area contributed by atoms with Gasteiger partial charge in [-0.25, -0.2) is 4.98 Å². The fourth-order valence-electron chi connectivity index (χ4n) is 2.22. The number of carbonyl (C=O) groups excluding carboxylic acids is 1. The highest BCUT2D eigenvalue weighted by Gasteiger charge is 2.21. The van der Waals surface area contributed by atoms with Crippen LogP contribution in [0, 0.1) is 0 Å². The standard InChI is InChI=1S/C19H22N2O5/c1-3-14(2)21(12-19(23)24)18(22)13-25-15-7-9-16(10-8-15)26-17-6-4-5-11-20-17/h4-11,14H,3,12-13H2,1-2H3,(H,23,24). The van der Waals surface area contributed by atoms with E-state index in [-0.39, 0.29) is 25.1 Å². The molecular formula is C19H22N2O5. The summed E-state index contributed by atoms with van der Waals surface area (Å²) in [7, 11) is 0. The van der Waals surface area contributed by atoms with Crippen LogP contribution in [0.3, 0.4) is 0 Å². The zero-order valence-electron chi connectivity index (χ0n) is 14.8. The van der Waals surface area contributed by atoms with Crippen molar-refractivity contribution in [1.82, 2.24) is 9.88 Å². The summed E-state index contributed by atoms with van der Waals surface area (Å²) in [5.41, 5.74) is 0. The minimum atomic E-state index is -1.05. The Balaban J connectivity index is 1.91. The number of nitrogens with zero attached hydrogens (tertiary/aromatic N) is 2. The molecule has 26 heavy (non-hydrogen) atoms. The third-order valence-electron chi connectivity index (χ3n) is 3.80. The number of carboxylic acid groups (broad SMARTS) is 1. The molecule has 0 aliphatic rings. The van der Waals surface area contributed by atoms with Crippen LogP contribution >= 0.6 is 0 Å². The van der Waals surface area contributed by atoms with E-state index in [1.54, 1.807) is 42.6 Å². The number of hydrogen-bond acceptors (Lipinski definition) is 5. The van der Waals surface area contributed by atoms with E-state index in [4.69, 9.17) is 14.6 Å². The predicted octanol–water partition coefficient (Wildman–Crippen LogP) is 2.96. The molecule has 138 valence electrons. The number of carbonyl (C=O) groups is 2. The Kier molecular flexibility index (Phi) is 6.96. The van der Waals surface area contributed by atoms with Gasteiger partial charge in [0.2, 0.25) is 5.88 Å². The normalized spacial score (nSPS) is 11.5. The van der Waals surface area contributed by atoms with E-state index in [0.29, 0.717) is 23.8 Å². The number of rotatable bonds is 9. The number of pyridine rings is 1. The average Bonchev–Trinajstić information content (AvgIpc) is 2.65. The number of ether oxygens (including phenoxy) is 2. The molecule has 1 heterocycles. The van der Waals surface area contributed by atoms with Crippen LogP contribution < -0.4 is 9.47 Å². The van der Waals surface area contributed by atoms with E-state index >= 15 is 0 Å². The molecular weight excluding hydrogens is 336 g/mol. The van der Waals surface area contributed by atoms with Crippen molar-refractivity contribution in [3.63, 3.8) is 0 Å². The maximum atomic E-state index is 12.3. The first-order valence-corrected chi connectivity index (χ1v) is 8.32. The Labute approximate surface area is 152 Å². The van der Waals surface area contributed by atoms with Crippen LogP contribution in [0.25, 0.3) is 0 Å². The van der Waals surface area contributed by atoms with E-state index in [1.165, 1.54) is 4.90 Å². The van der Waals surface area contributed by atoms with Crippen molar-refractivity contribution in [3.05, 3.63) is 48.7 Å². The lowest BCUT2D eigenvalue weighted by Crippen LogP contribution is -2.44. The Morgan fingerprint density at radius 1 is 1.15 bits per heavy atom. The largest absolute Gasteiger partial charge is 0.484 e. The lowest BCUT2D eigenvalue weighted by Gasteiger charge is -2.26. The maximum absolute atomic E-state index is 12.3. The van der Waals surface area contributed by atoms with Crippen molar-refractivity contribution < 1.29 is 24.2 Å². The molecule has 0 saturated carbocycles. The molecule has 0 bridgehead atoms. The van der Waals surface area contributed by atoms with Gasteiger partial charge in [0, 0.05) is 18.3 Å². The smallest absolute Gasteiger partial charge is 0.323 e. The first-order chi connectivity index (χ1) is 12.5. The van der Waals surface area contributed by atoms with Crippen LogP contribution in [0.2, 0.25) is 0 Å². The summed E-state index contributed by atoms with van der Waals surface area (Å²) in [6, 6.07) is 12.0. The van der Waals surface area contributed by atoms with Gasteiger partial charge in [0.25, 0.3) is 5.91 Å². The predicted molar refractivity (Wildman–Crippen MR) is 95.3 cm³/mol. The van der Waals surface area contributed by atoms with Crippen LogP contribution in [0.1, 0.15) is 20.3 Å². The van der Waals surface area contributed by atoms with Gasteiger partial charge in [0.1, 0.15) is 18.0 Å². The Bertz CT molecular complexity index is 718. The topological polar surface area (TPSA) is 89.0 Å². The van der Waals surface area contributed by atoms with Gasteiger partial charge in [-0.2, -0.15) is 0 Å². The zero-order valence-corrected chi connectivity index (χ0v) is 14.8. The molecule has 0 aliphatic heterocycles. The summed E-state index contributed by atoms with van der Waals surface area (Å²) in [5, 5.41) is 8.96. The molecule has 0 fully saturated rings.